The molecule has 2 N–H and O–H groups in total. The van der Waals surface area contributed by atoms with Crippen LogP contribution in [0, 0.1) is 0 Å². The SMILES string of the molecule is O=C(O)N(C1CC1)[C@H]1CCNC[C@@H]1F. The number of hydrogen-bond acceptors (Lipinski definition) is 2. The summed E-state index contributed by atoms with van der Waals surface area (Å²) in [6, 6.07) is -0.352. The van der Waals surface area contributed by atoms with Crippen LogP contribution in [0.25, 0.3) is 0 Å². The highest BCUT2D eigenvalue weighted by Crippen LogP contribution is 2.31. The van der Waals surface area contributed by atoms with Gasteiger partial charge in [-0.2, -0.15) is 0 Å². The van der Waals surface area contributed by atoms with Gasteiger partial charge in [0.05, 0.1) is 6.04 Å². The number of halogens is 1. The molecule has 1 aliphatic carbocycles. The first-order valence-electron chi connectivity index (χ1n) is 5.06. The zero-order chi connectivity index (χ0) is 10.1. The highest BCUT2D eigenvalue weighted by atomic mass is 19.1. The summed E-state index contributed by atoms with van der Waals surface area (Å²) in [5.74, 6) is 0. The number of alkyl halides is 1. The summed E-state index contributed by atoms with van der Waals surface area (Å²) in [6.07, 6.45) is 0.345. The van der Waals surface area contributed by atoms with Gasteiger partial charge in [-0.3, -0.25) is 4.90 Å². The fourth-order valence-electron chi connectivity index (χ4n) is 2.04. The second-order valence-corrected chi connectivity index (χ2v) is 4.00. The van der Waals surface area contributed by atoms with Crippen LogP contribution in [0.15, 0.2) is 0 Å². The van der Waals surface area contributed by atoms with Gasteiger partial charge in [0.1, 0.15) is 6.17 Å². The quantitative estimate of drug-likeness (QED) is 0.697. The molecule has 1 heterocycles. The second-order valence-electron chi connectivity index (χ2n) is 4.00. The molecule has 0 aromatic carbocycles. The van der Waals surface area contributed by atoms with Crippen molar-refractivity contribution in [3.63, 3.8) is 0 Å². The van der Waals surface area contributed by atoms with E-state index in [0.717, 1.165) is 12.8 Å². The van der Waals surface area contributed by atoms with Crippen molar-refractivity contribution in [3.8, 4) is 0 Å². The predicted molar refractivity (Wildman–Crippen MR) is 49.1 cm³/mol. The van der Waals surface area contributed by atoms with E-state index < -0.39 is 18.3 Å². The zero-order valence-electron chi connectivity index (χ0n) is 7.95. The van der Waals surface area contributed by atoms with Gasteiger partial charge in [0.25, 0.3) is 0 Å². The first-order valence-corrected chi connectivity index (χ1v) is 5.06. The molecule has 2 rings (SSSR count). The van der Waals surface area contributed by atoms with Gasteiger partial charge in [0.15, 0.2) is 0 Å². The highest BCUT2D eigenvalue weighted by Gasteiger charge is 2.41. The summed E-state index contributed by atoms with van der Waals surface area (Å²) in [5, 5.41) is 11.9. The van der Waals surface area contributed by atoms with Crippen molar-refractivity contribution in [1.82, 2.24) is 10.2 Å². The highest BCUT2D eigenvalue weighted by molar-refractivity contribution is 5.66. The molecule has 0 aromatic rings. The van der Waals surface area contributed by atoms with Crippen LogP contribution in [0.3, 0.4) is 0 Å². The standard InChI is InChI=1S/C9H15FN2O2/c10-7-5-11-4-3-8(7)12(9(13)14)6-1-2-6/h6-8,11H,1-5H2,(H,13,14)/t7-,8-/m0/s1. The smallest absolute Gasteiger partial charge is 0.407 e. The molecule has 2 fully saturated rings. The van der Waals surface area contributed by atoms with Crippen LogP contribution < -0.4 is 5.32 Å². The van der Waals surface area contributed by atoms with Crippen molar-refractivity contribution >= 4 is 6.09 Å². The minimum absolute atomic E-state index is 0.0776. The maximum atomic E-state index is 13.5. The van der Waals surface area contributed by atoms with E-state index in [2.05, 4.69) is 5.32 Å². The topological polar surface area (TPSA) is 52.6 Å². The van der Waals surface area contributed by atoms with Gasteiger partial charge < -0.3 is 10.4 Å². The number of carboxylic acid groups (broad SMARTS) is 1. The van der Waals surface area contributed by atoms with Gasteiger partial charge in [-0.15, -0.1) is 0 Å². The molecule has 0 radical (unpaired) electrons. The lowest BCUT2D eigenvalue weighted by atomic mass is 10.0. The zero-order valence-corrected chi connectivity index (χ0v) is 7.95. The Morgan fingerprint density at radius 3 is 2.64 bits per heavy atom. The van der Waals surface area contributed by atoms with Crippen molar-refractivity contribution in [1.29, 1.82) is 0 Å². The first-order chi connectivity index (χ1) is 6.70. The molecule has 1 aliphatic heterocycles. The van der Waals surface area contributed by atoms with Crippen LogP contribution in [-0.4, -0.2) is 47.4 Å². The lowest BCUT2D eigenvalue weighted by Crippen LogP contribution is -2.53. The third-order valence-electron chi connectivity index (χ3n) is 2.89. The molecule has 4 nitrogen and oxygen atoms in total. The van der Waals surface area contributed by atoms with E-state index >= 15 is 0 Å². The number of nitrogens with one attached hydrogen (secondary N) is 1. The molecule has 5 heteroatoms. The van der Waals surface area contributed by atoms with Crippen LogP contribution in [-0.2, 0) is 0 Å². The number of carbonyl (C=O) groups is 1. The minimum Gasteiger partial charge on any atom is -0.465 e. The molecule has 14 heavy (non-hydrogen) atoms. The summed E-state index contributed by atoms with van der Waals surface area (Å²) < 4.78 is 13.5. The molecule has 80 valence electrons. The number of amides is 1. The van der Waals surface area contributed by atoms with Gasteiger partial charge in [-0.05, 0) is 25.8 Å². The molecule has 0 spiro atoms. The predicted octanol–water partition coefficient (Wildman–Crippen LogP) is 0.829. The van der Waals surface area contributed by atoms with Crippen LogP contribution in [0.1, 0.15) is 19.3 Å². The molecular formula is C9H15FN2O2. The minimum atomic E-state index is -1.06. The van der Waals surface area contributed by atoms with Gasteiger partial charge in [0.2, 0.25) is 0 Å². The largest absolute Gasteiger partial charge is 0.465 e. The first kappa shape index (κ1) is 9.71. The van der Waals surface area contributed by atoms with Crippen molar-refractivity contribution in [2.24, 2.45) is 0 Å². The Hall–Kier alpha value is -0.840. The monoisotopic (exact) mass is 202 g/mol. The number of hydrogen-bond donors (Lipinski definition) is 2. The van der Waals surface area contributed by atoms with E-state index in [1.54, 1.807) is 0 Å². The second kappa shape index (κ2) is 3.73. The Balaban J connectivity index is 2.04. The summed E-state index contributed by atoms with van der Waals surface area (Å²) in [6.45, 7) is 0.989. The molecule has 2 atom stereocenters. The molecule has 1 saturated carbocycles. The molecule has 0 aromatic heterocycles. The molecule has 2 aliphatic rings. The van der Waals surface area contributed by atoms with Crippen molar-refractivity contribution in [2.45, 2.75) is 37.5 Å². The van der Waals surface area contributed by atoms with Crippen molar-refractivity contribution < 1.29 is 14.3 Å². The lowest BCUT2D eigenvalue weighted by molar-refractivity contribution is 0.0697. The Bertz CT molecular complexity index is 233. The maximum Gasteiger partial charge on any atom is 0.407 e. The molecular weight excluding hydrogens is 187 g/mol. The van der Waals surface area contributed by atoms with Crippen LogP contribution in [0.5, 0.6) is 0 Å². The average molecular weight is 202 g/mol. The Morgan fingerprint density at radius 1 is 1.43 bits per heavy atom. The van der Waals surface area contributed by atoms with Crippen LogP contribution in [0.2, 0.25) is 0 Å². The number of nitrogens with zero attached hydrogens (tertiary/aromatic N) is 1. The Labute approximate surface area is 82.1 Å². The van der Waals surface area contributed by atoms with Gasteiger partial charge in [-0.25, -0.2) is 9.18 Å². The van der Waals surface area contributed by atoms with E-state index in [0.29, 0.717) is 13.0 Å². The van der Waals surface area contributed by atoms with Crippen LogP contribution in [0.4, 0.5) is 9.18 Å². The third-order valence-corrected chi connectivity index (χ3v) is 2.89. The van der Waals surface area contributed by atoms with E-state index in [4.69, 9.17) is 5.11 Å². The normalized spacial score (nSPS) is 32.6. The molecule has 0 bridgehead atoms. The van der Waals surface area contributed by atoms with E-state index in [1.165, 1.54) is 4.90 Å². The average Bonchev–Trinajstić information content (AvgIpc) is 2.92. The van der Waals surface area contributed by atoms with Crippen molar-refractivity contribution in [2.75, 3.05) is 13.1 Å². The fourth-order valence-corrected chi connectivity index (χ4v) is 2.04. The third kappa shape index (κ3) is 1.82. The van der Waals surface area contributed by atoms with Gasteiger partial charge in [-0.1, -0.05) is 0 Å². The van der Waals surface area contributed by atoms with E-state index in [9.17, 15) is 9.18 Å². The molecule has 1 saturated heterocycles. The maximum absolute atomic E-state index is 13.5. The lowest BCUT2D eigenvalue weighted by Gasteiger charge is -2.35. The summed E-state index contributed by atoms with van der Waals surface area (Å²) >= 11 is 0. The summed E-state index contributed by atoms with van der Waals surface area (Å²) in [5.41, 5.74) is 0. The Kier molecular flexibility index (Phi) is 2.58. The summed E-state index contributed by atoms with van der Waals surface area (Å²) in [7, 11) is 0. The van der Waals surface area contributed by atoms with E-state index in [-0.39, 0.29) is 12.6 Å². The fraction of sp³-hybridized carbons (Fsp3) is 0.889. The molecule has 0 unspecified atom stereocenters. The van der Waals surface area contributed by atoms with E-state index in [1.807, 2.05) is 0 Å². The summed E-state index contributed by atoms with van der Waals surface area (Å²) in [4.78, 5) is 12.3. The number of rotatable bonds is 2. The number of piperidine rings is 1. The molecule has 1 amide bonds. The van der Waals surface area contributed by atoms with Crippen LogP contribution >= 0.6 is 0 Å². The van der Waals surface area contributed by atoms with Gasteiger partial charge in [0, 0.05) is 12.6 Å². The van der Waals surface area contributed by atoms with Crippen molar-refractivity contribution in [3.05, 3.63) is 0 Å². The van der Waals surface area contributed by atoms with Gasteiger partial charge >= 0.3 is 6.09 Å². The Morgan fingerprint density at radius 2 is 2.14 bits per heavy atom.